The molecule has 3 fully saturated rings. The Hall–Kier alpha value is -1.85. The summed E-state index contributed by atoms with van der Waals surface area (Å²) in [4.78, 5) is 25.4. The number of likely N-dealkylation sites (tertiary alicyclic amines) is 1. The van der Waals surface area contributed by atoms with Crippen LogP contribution in [0.4, 0.5) is 0 Å². The molecule has 1 saturated heterocycles. The van der Waals surface area contributed by atoms with E-state index >= 15 is 0 Å². The number of carboxylic acids is 1. The van der Waals surface area contributed by atoms with Crippen LogP contribution in [-0.2, 0) is 4.79 Å². The Morgan fingerprint density at radius 2 is 1.91 bits per heavy atom. The van der Waals surface area contributed by atoms with Gasteiger partial charge in [0.25, 0.3) is 0 Å². The average Bonchev–Trinajstić information content (AvgIpc) is 3.42. The van der Waals surface area contributed by atoms with Gasteiger partial charge >= 0.3 is 5.97 Å². The number of carbonyl (C=O) groups excluding carboxylic acids is 1. The second-order valence-corrected chi connectivity index (χ2v) is 6.89. The molecular weight excluding hydrogens is 282 g/mol. The van der Waals surface area contributed by atoms with Crippen LogP contribution in [0.25, 0.3) is 0 Å². The molecule has 6 heteroatoms. The van der Waals surface area contributed by atoms with Crippen LogP contribution in [-0.4, -0.2) is 44.8 Å². The lowest BCUT2D eigenvalue weighted by molar-refractivity contribution is -0.134. The number of carbonyl (C=O) groups is 2. The van der Waals surface area contributed by atoms with Crippen LogP contribution in [0, 0.1) is 17.8 Å². The van der Waals surface area contributed by atoms with Gasteiger partial charge < -0.3 is 10.0 Å². The Morgan fingerprint density at radius 3 is 2.50 bits per heavy atom. The lowest BCUT2D eigenvalue weighted by atomic mass is 10.0. The summed E-state index contributed by atoms with van der Waals surface area (Å²) in [7, 11) is 0. The second kappa shape index (κ2) is 5.11. The third kappa shape index (κ3) is 2.51. The van der Waals surface area contributed by atoms with Gasteiger partial charge in [0.2, 0.25) is 5.91 Å². The first-order valence-corrected chi connectivity index (χ1v) is 8.20. The number of rotatable bonds is 4. The maximum Gasteiger partial charge on any atom is 0.356 e. The van der Waals surface area contributed by atoms with E-state index in [4.69, 9.17) is 5.11 Å². The summed E-state index contributed by atoms with van der Waals surface area (Å²) in [5.41, 5.74) is 0.0868. The molecule has 2 atom stereocenters. The largest absolute Gasteiger partial charge is 0.476 e. The summed E-state index contributed by atoms with van der Waals surface area (Å²) in [5.74, 6) is 1.17. The van der Waals surface area contributed by atoms with Gasteiger partial charge in [-0.2, -0.15) is 5.10 Å². The van der Waals surface area contributed by atoms with Crippen molar-refractivity contribution < 1.29 is 14.7 Å². The molecule has 0 unspecified atom stereocenters. The Morgan fingerprint density at radius 1 is 1.18 bits per heavy atom. The van der Waals surface area contributed by atoms with E-state index < -0.39 is 5.97 Å². The topological polar surface area (TPSA) is 75.4 Å². The van der Waals surface area contributed by atoms with Gasteiger partial charge in [0.05, 0.1) is 6.04 Å². The van der Waals surface area contributed by atoms with E-state index in [2.05, 4.69) is 5.10 Å². The van der Waals surface area contributed by atoms with Crippen molar-refractivity contribution >= 4 is 11.9 Å². The van der Waals surface area contributed by atoms with E-state index in [0.717, 1.165) is 38.3 Å². The lowest BCUT2D eigenvalue weighted by Crippen LogP contribution is -2.40. The molecule has 6 nitrogen and oxygen atoms in total. The number of carboxylic acid groups (broad SMARTS) is 1. The van der Waals surface area contributed by atoms with Crippen molar-refractivity contribution in [3.05, 3.63) is 18.0 Å². The highest BCUT2D eigenvalue weighted by molar-refractivity contribution is 5.85. The Bertz CT molecular complexity index is 600. The highest BCUT2D eigenvalue weighted by Crippen LogP contribution is 2.55. The summed E-state index contributed by atoms with van der Waals surface area (Å²) in [6, 6.07) is 1.74. The molecule has 1 aliphatic heterocycles. The number of nitrogens with zero attached hydrogens (tertiary/aromatic N) is 3. The number of hydrogen-bond acceptors (Lipinski definition) is 3. The van der Waals surface area contributed by atoms with E-state index in [-0.39, 0.29) is 11.7 Å². The molecule has 22 heavy (non-hydrogen) atoms. The van der Waals surface area contributed by atoms with Crippen molar-refractivity contribution in [1.29, 1.82) is 0 Å². The standard InChI is InChI=1S/C16H21N3O3/c20-15(13-9-12(13)10-1-2-10)18-6-3-11(4-7-18)19-8-5-14(17-19)16(21)22/h5,8,10-13H,1-4,6-7,9H2,(H,21,22)/t12-,13+/m0/s1. The fourth-order valence-corrected chi connectivity index (χ4v) is 3.78. The first-order chi connectivity index (χ1) is 10.6. The van der Waals surface area contributed by atoms with Crippen molar-refractivity contribution in [3.63, 3.8) is 0 Å². The highest BCUT2D eigenvalue weighted by atomic mass is 16.4. The SMILES string of the molecule is O=C(O)c1ccn(C2CCN(C(=O)[C@@H]3C[C@H]3C3CC3)CC2)n1. The van der Waals surface area contributed by atoms with E-state index in [9.17, 15) is 9.59 Å². The van der Waals surface area contributed by atoms with E-state index in [0.29, 0.717) is 17.7 Å². The molecule has 1 amide bonds. The minimum Gasteiger partial charge on any atom is -0.476 e. The van der Waals surface area contributed by atoms with Crippen molar-refractivity contribution in [2.45, 2.75) is 38.1 Å². The molecule has 1 aromatic heterocycles. The predicted molar refractivity (Wildman–Crippen MR) is 78.4 cm³/mol. The lowest BCUT2D eigenvalue weighted by Gasteiger charge is -2.32. The van der Waals surface area contributed by atoms with Crippen molar-refractivity contribution in [1.82, 2.24) is 14.7 Å². The molecule has 3 aliphatic rings. The maximum atomic E-state index is 12.5. The maximum absolute atomic E-state index is 12.5. The van der Waals surface area contributed by atoms with Crippen LogP contribution in [0.5, 0.6) is 0 Å². The summed E-state index contributed by atoms with van der Waals surface area (Å²) in [6.07, 6.45) is 7.18. The summed E-state index contributed by atoms with van der Waals surface area (Å²) >= 11 is 0. The van der Waals surface area contributed by atoms with Gasteiger partial charge in [0.1, 0.15) is 0 Å². The number of aromatic nitrogens is 2. The van der Waals surface area contributed by atoms with Gasteiger partial charge in [0.15, 0.2) is 5.69 Å². The Kier molecular flexibility index (Phi) is 3.20. The molecule has 2 heterocycles. The van der Waals surface area contributed by atoms with Crippen LogP contribution in [0.15, 0.2) is 12.3 Å². The third-order valence-corrected chi connectivity index (χ3v) is 5.36. The Balaban J connectivity index is 1.32. The first kappa shape index (κ1) is 13.8. The summed E-state index contributed by atoms with van der Waals surface area (Å²) < 4.78 is 1.75. The molecule has 118 valence electrons. The van der Waals surface area contributed by atoms with E-state index in [1.807, 2.05) is 4.90 Å². The van der Waals surface area contributed by atoms with Gasteiger partial charge in [-0.15, -0.1) is 0 Å². The minimum absolute atomic E-state index is 0.0868. The zero-order chi connectivity index (χ0) is 15.3. The van der Waals surface area contributed by atoms with Gasteiger partial charge in [-0.1, -0.05) is 0 Å². The van der Waals surface area contributed by atoms with Gasteiger partial charge in [-0.05, 0) is 50.0 Å². The van der Waals surface area contributed by atoms with Crippen LogP contribution in [0.3, 0.4) is 0 Å². The van der Waals surface area contributed by atoms with Gasteiger partial charge in [-0.3, -0.25) is 9.48 Å². The summed E-state index contributed by atoms with van der Waals surface area (Å²) in [6.45, 7) is 1.53. The third-order valence-electron chi connectivity index (χ3n) is 5.36. The van der Waals surface area contributed by atoms with Crippen LogP contribution >= 0.6 is 0 Å². The fraction of sp³-hybridized carbons (Fsp3) is 0.688. The second-order valence-electron chi connectivity index (χ2n) is 6.89. The van der Waals surface area contributed by atoms with Crippen LogP contribution in [0.1, 0.15) is 48.6 Å². The number of hydrogen-bond donors (Lipinski definition) is 1. The van der Waals surface area contributed by atoms with Crippen LogP contribution < -0.4 is 0 Å². The van der Waals surface area contributed by atoms with Crippen molar-refractivity contribution in [2.24, 2.45) is 17.8 Å². The predicted octanol–water partition coefficient (Wildman–Crippen LogP) is 1.79. The normalized spacial score (nSPS) is 28.6. The highest BCUT2D eigenvalue weighted by Gasteiger charge is 2.52. The Labute approximate surface area is 129 Å². The molecule has 4 rings (SSSR count). The van der Waals surface area contributed by atoms with E-state index in [1.54, 1.807) is 10.9 Å². The molecule has 0 spiro atoms. The van der Waals surface area contributed by atoms with Gasteiger partial charge in [-0.25, -0.2) is 4.79 Å². The fourth-order valence-electron chi connectivity index (χ4n) is 3.78. The molecule has 0 aromatic carbocycles. The zero-order valence-electron chi connectivity index (χ0n) is 12.5. The minimum atomic E-state index is -0.994. The first-order valence-electron chi connectivity index (χ1n) is 8.20. The van der Waals surface area contributed by atoms with Crippen LogP contribution in [0.2, 0.25) is 0 Å². The van der Waals surface area contributed by atoms with Crippen molar-refractivity contribution in [3.8, 4) is 0 Å². The molecule has 1 aromatic rings. The number of aromatic carboxylic acids is 1. The average molecular weight is 303 g/mol. The van der Waals surface area contributed by atoms with Gasteiger partial charge in [0, 0.05) is 25.2 Å². The molecule has 2 saturated carbocycles. The smallest absolute Gasteiger partial charge is 0.356 e. The number of piperidine rings is 1. The van der Waals surface area contributed by atoms with Crippen molar-refractivity contribution in [2.75, 3.05) is 13.1 Å². The molecular formula is C16H21N3O3. The quantitative estimate of drug-likeness (QED) is 0.920. The summed E-state index contributed by atoms with van der Waals surface area (Å²) in [5, 5.41) is 13.0. The molecule has 0 bridgehead atoms. The van der Waals surface area contributed by atoms with E-state index in [1.165, 1.54) is 18.9 Å². The zero-order valence-corrected chi connectivity index (χ0v) is 12.5. The molecule has 1 N–H and O–H groups in total. The monoisotopic (exact) mass is 303 g/mol. The molecule has 0 radical (unpaired) electrons. The molecule has 2 aliphatic carbocycles. The number of amides is 1.